The van der Waals surface area contributed by atoms with Crippen LogP contribution < -0.4 is 10.6 Å². The Morgan fingerprint density at radius 3 is 1.76 bits per heavy atom. The first-order valence-electron chi connectivity index (χ1n) is 14.0. The standard InChI is InChI=1S/C33H37N3O6/c1-32(2,3)42-31(41)34-26(29(38)36-21-13-20-27(36)30(39)40)22-28(37)35-33(23-14-7-4-8-15-23,24-16-9-5-10-17-24)25-18-11-6-12-19-25/h4-12,14-19,26-27H,13,20-22H2,1-3H3,(H,34,41)(H,35,37)(H,39,40). The summed E-state index contributed by atoms with van der Waals surface area (Å²) < 4.78 is 5.38. The lowest BCUT2D eigenvalue weighted by atomic mass is 9.77. The van der Waals surface area contributed by atoms with Crippen LogP contribution in [0.15, 0.2) is 91.0 Å². The highest BCUT2D eigenvalue weighted by molar-refractivity contribution is 5.94. The van der Waals surface area contributed by atoms with Crippen LogP contribution in [0.5, 0.6) is 0 Å². The molecule has 0 bridgehead atoms. The Kier molecular flexibility index (Phi) is 9.30. The Bertz CT molecular complexity index is 1290. The van der Waals surface area contributed by atoms with E-state index in [9.17, 15) is 24.3 Å². The Morgan fingerprint density at radius 2 is 1.33 bits per heavy atom. The molecule has 1 aliphatic heterocycles. The monoisotopic (exact) mass is 571 g/mol. The van der Waals surface area contributed by atoms with Crippen LogP contribution in [0.4, 0.5) is 4.79 Å². The van der Waals surface area contributed by atoms with Gasteiger partial charge in [0.25, 0.3) is 0 Å². The van der Waals surface area contributed by atoms with Gasteiger partial charge >= 0.3 is 12.1 Å². The number of amides is 3. The van der Waals surface area contributed by atoms with E-state index in [0.717, 1.165) is 16.7 Å². The van der Waals surface area contributed by atoms with Crippen LogP contribution in [0, 0.1) is 0 Å². The highest BCUT2D eigenvalue weighted by Gasteiger charge is 2.41. The van der Waals surface area contributed by atoms with Gasteiger partial charge in [0.1, 0.15) is 23.2 Å². The molecule has 4 rings (SSSR count). The number of hydrogen-bond acceptors (Lipinski definition) is 5. The number of nitrogens with one attached hydrogen (secondary N) is 2. The maximum atomic E-state index is 14.0. The van der Waals surface area contributed by atoms with Crippen LogP contribution in [0.25, 0.3) is 0 Å². The molecule has 9 nitrogen and oxygen atoms in total. The van der Waals surface area contributed by atoms with Crippen molar-refractivity contribution in [1.29, 1.82) is 0 Å². The van der Waals surface area contributed by atoms with Gasteiger partial charge in [-0.05, 0) is 50.3 Å². The first-order chi connectivity index (χ1) is 20.0. The minimum Gasteiger partial charge on any atom is -0.480 e. The molecule has 2 unspecified atom stereocenters. The van der Waals surface area contributed by atoms with Gasteiger partial charge in [0.05, 0.1) is 6.42 Å². The van der Waals surface area contributed by atoms with Crippen molar-refractivity contribution in [3.63, 3.8) is 0 Å². The second kappa shape index (κ2) is 12.9. The van der Waals surface area contributed by atoms with E-state index in [1.165, 1.54) is 4.90 Å². The van der Waals surface area contributed by atoms with E-state index in [0.29, 0.717) is 12.8 Å². The molecule has 3 aromatic carbocycles. The molecule has 0 spiro atoms. The molecule has 0 saturated carbocycles. The number of carboxylic acid groups (broad SMARTS) is 1. The highest BCUT2D eigenvalue weighted by Crippen LogP contribution is 2.37. The summed E-state index contributed by atoms with van der Waals surface area (Å²) in [7, 11) is 0. The van der Waals surface area contributed by atoms with Gasteiger partial charge in [-0.1, -0.05) is 91.0 Å². The van der Waals surface area contributed by atoms with Gasteiger partial charge in [0.15, 0.2) is 0 Å². The molecule has 3 amide bonds. The Labute approximate surface area is 245 Å². The van der Waals surface area contributed by atoms with Gasteiger partial charge in [0, 0.05) is 6.54 Å². The zero-order valence-corrected chi connectivity index (χ0v) is 24.1. The predicted octanol–water partition coefficient (Wildman–Crippen LogP) is 4.45. The lowest BCUT2D eigenvalue weighted by molar-refractivity contribution is -0.149. The number of aliphatic carboxylic acids is 1. The molecule has 0 aliphatic carbocycles. The summed E-state index contributed by atoms with van der Waals surface area (Å²) in [6, 6.07) is 26.1. The van der Waals surface area contributed by atoms with Gasteiger partial charge in [-0.25, -0.2) is 9.59 Å². The van der Waals surface area contributed by atoms with Gasteiger partial charge in [-0.3, -0.25) is 9.59 Å². The molecule has 42 heavy (non-hydrogen) atoms. The summed E-state index contributed by atoms with van der Waals surface area (Å²) in [5.41, 5.74) is 0.412. The largest absolute Gasteiger partial charge is 0.480 e. The zero-order chi connectivity index (χ0) is 30.3. The van der Waals surface area contributed by atoms with Crippen molar-refractivity contribution in [2.24, 2.45) is 0 Å². The molecule has 1 saturated heterocycles. The topological polar surface area (TPSA) is 125 Å². The average molecular weight is 572 g/mol. The molecule has 1 heterocycles. The lowest BCUT2D eigenvalue weighted by Crippen LogP contribution is -2.55. The molecule has 0 aromatic heterocycles. The number of benzene rings is 3. The van der Waals surface area contributed by atoms with Crippen molar-refractivity contribution in [1.82, 2.24) is 15.5 Å². The maximum absolute atomic E-state index is 14.0. The third-order valence-electron chi connectivity index (χ3n) is 7.15. The van der Waals surface area contributed by atoms with Gasteiger partial charge in [0.2, 0.25) is 11.8 Å². The number of hydrogen-bond donors (Lipinski definition) is 3. The van der Waals surface area contributed by atoms with Crippen LogP contribution in [-0.4, -0.2) is 58.1 Å². The minimum absolute atomic E-state index is 0.214. The molecule has 3 aromatic rings. The Hall–Kier alpha value is -4.66. The third-order valence-corrected chi connectivity index (χ3v) is 7.15. The first-order valence-corrected chi connectivity index (χ1v) is 14.0. The molecule has 220 valence electrons. The van der Waals surface area contributed by atoms with E-state index >= 15 is 0 Å². The SMILES string of the molecule is CC(C)(C)OC(=O)NC(CC(=O)NC(c1ccccc1)(c1ccccc1)c1ccccc1)C(=O)N1CCCC1C(=O)O. The fraction of sp³-hybridized carbons (Fsp3) is 0.333. The number of carbonyl (C=O) groups excluding carboxylic acids is 3. The van der Waals surface area contributed by atoms with Crippen molar-refractivity contribution in [3.05, 3.63) is 108 Å². The highest BCUT2D eigenvalue weighted by atomic mass is 16.6. The summed E-state index contributed by atoms with van der Waals surface area (Å²) in [5.74, 6) is -2.30. The van der Waals surface area contributed by atoms with Crippen molar-refractivity contribution in [2.45, 2.75) is 63.3 Å². The van der Waals surface area contributed by atoms with Crippen LogP contribution in [0.1, 0.15) is 56.7 Å². The van der Waals surface area contributed by atoms with Crippen molar-refractivity contribution >= 4 is 23.9 Å². The van der Waals surface area contributed by atoms with Gasteiger partial charge in [-0.15, -0.1) is 0 Å². The normalized spacial score (nSPS) is 15.9. The third kappa shape index (κ3) is 6.97. The molecule has 1 aliphatic rings. The number of ether oxygens (including phenoxy) is 1. The minimum atomic E-state index is -1.35. The molecule has 3 N–H and O–H groups in total. The summed E-state index contributed by atoms with van der Waals surface area (Å²) in [6.45, 7) is 5.27. The second-order valence-electron chi connectivity index (χ2n) is 11.3. The summed E-state index contributed by atoms with van der Waals surface area (Å²) in [6.07, 6.45) is -0.506. The molecule has 2 atom stereocenters. The quantitative estimate of drug-likeness (QED) is 0.326. The predicted molar refractivity (Wildman–Crippen MR) is 157 cm³/mol. The van der Waals surface area contributed by atoms with Crippen LogP contribution in [-0.2, 0) is 24.7 Å². The van der Waals surface area contributed by atoms with E-state index < -0.39 is 53.5 Å². The summed E-state index contributed by atoms with van der Waals surface area (Å²) >= 11 is 0. The number of nitrogens with zero attached hydrogens (tertiary/aromatic N) is 1. The van der Waals surface area contributed by atoms with Crippen LogP contribution >= 0.6 is 0 Å². The zero-order valence-electron chi connectivity index (χ0n) is 24.1. The average Bonchev–Trinajstić information content (AvgIpc) is 3.46. The number of carbonyl (C=O) groups is 4. The van der Waals surface area contributed by atoms with Gasteiger partial charge < -0.3 is 25.4 Å². The van der Waals surface area contributed by atoms with Crippen molar-refractivity contribution in [3.8, 4) is 0 Å². The van der Waals surface area contributed by atoms with Crippen molar-refractivity contribution < 1.29 is 29.0 Å². The Morgan fingerprint density at radius 1 is 0.857 bits per heavy atom. The van der Waals surface area contributed by atoms with Crippen LogP contribution in [0.2, 0.25) is 0 Å². The molecule has 1 fully saturated rings. The van der Waals surface area contributed by atoms with E-state index in [1.54, 1.807) is 20.8 Å². The van der Waals surface area contributed by atoms with E-state index in [4.69, 9.17) is 4.74 Å². The number of rotatable bonds is 9. The molecule has 9 heteroatoms. The summed E-state index contributed by atoms with van der Waals surface area (Å²) in [4.78, 5) is 53.5. The smallest absolute Gasteiger partial charge is 0.408 e. The first kappa shape index (κ1) is 30.3. The molecule has 0 radical (unpaired) electrons. The maximum Gasteiger partial charge on any atom is 0.408 e. The fourth-order valence-electron chi connectivity index (χ4n) is 5.36. The lowest BCUT2D eigenvalue weighted by Gasteiger charge is -2.37. The number of likely N-dealkylation sites (tertiary alicyclic amines) is 1. The van der Waals surface area contributed by atoms with E-state index in [-0.39, 0.29) is 6.54 Å². The number of alkyl carbamates (subject to hydrolysis) is 1. The van der Waals surface area contributed by atoms with Crippen molar-refractivity contribution in [2.75, 3.05) is 6.54 Å². The number of carboxylic acids is 1. The van der Waals surface area contributed by atoms with Gasteiger partial charge in [-0.2, -0.15) is 0 Å². The van der Waals surface area contributed by atoms with E-state index in [1.807, 2.05) is 91.0 Å². The summed E-state index contributed by atoms with van der Waals surface area (Å²) in [5, 5.41) is 15.4. The van der Waals surface area contributed by atoms with Crippen LogP contribution in [0.3, 0.4) is 0 Å². The second-order valence-corrected chi connectivity index (χ2v) is 11.3. The molecular formula is C33H37N3O6. The molecular weight excluding hydrogens is 534 g/mol. The van der Waals surface area contributed by atoms with E-state index in [2.05, 4.69) is 10.6 Å². The Balaban J connectivity index is 1.72. The fourth-order valence-corrected chi connectivity index (χ4v) is 5.36.